The molecule has 0 atom stereocenters. The number of amidine groups is 1. The van der Waals surface area contributed by atoms with Crippen molar-refractivity contribution in [3.05, 3.63) is 89.7 Å². The van der Waals surface area contributed by atoms with Crippen LogP contribution < -0.4 is 15.0 Å². The normalized spacial score (nSPS) is 14.1. The van der Waals surface area contributed by atoms with E-state index in [1.807, 2.05) is 39.0 Å². The van der Waals surface area contributed by atoms with Gasteiger partial charge in [0.2, 0.25) is 5.91 Å². The number of urea groups is 1. The molecule has 13 heteroatoms. The number of carbonyl (C=O) groups is 2. The smallest absolute Gasteiger partial charge is 0.406 e. The van der Waals surface area contributed by atoms with Gasteiger partial charge in [-0.05, 0) is 78.6 Å². The molecule has 3 aromatic carbocycles. The van der Waals surface area contributed by atoms with Crippen LogP contribution in [0.15, 0.2) is 78.0 Å². The number of anilines is 1. The minimum Gasteiger partial charge on any atom is -0.406 e. The van der Waals surface area contributed by atoms with E-state index in [1.54, 1.807) is 24.3 Å². The van der Waals surface area contributed by atoms with Crippen molar-refractivity contribution >= 4 is 34.6 Å². The van der Waals surface area contributed by atoms with Gasteiger partial charge in [-0.15, -0.1) is 18.3 Å². The lowest BCUT2D eigenvalue weighted by atomic mass is 9.99. The highest BCUT2D eigenvalue weighted by Gasteiger charge is 2.33. The number of carbonyl (C=O) groups excluding carboxylic acids is 2. The number of ether oxygens (including phenoxy) is 1. The van der Waals surface area contributed by atoms with Crippen molar-refractivity contribution < 1.29 is 27.5 Å². The van der Waals surface area contributed by atoms with Crippen LogP contribution in [0.25, 0.3) is 17.1 Å². The molecule has 5 rings (SSSR count). The van der Waals surface area contributed by atoms with E-state index >= 15 is 0 Å². The maximum atomic E-state index is 12.7. The molecule has 1 aliphatic heterocycles. The molecular formula is C32H27F3N6O3S. The van der Waals surface area contributed by atoms with E-state index in [0.29, 0.717) is 27.8 Å². The number of nitrogens with one attached hydrogen (secondary N) is 1. The van der Waals surface area contributed by atoms with Crippen LogP contribution in [0.3, 0.4) is 0 Å². The second-order valence-electron chi connectivity index (χ2n) is 10.2. The van der Waals surface area contributed by atoms with Gasteiger partial charge in [0.1, 0.15) is 12.1 Å². The Morgan fingerprint density at radius 2 is 1.84 bits per heavy atom. The van der Waals surface area contributed by atoms with Crippen LogP contribution in [-0.2, 0) is 4.79 Å². The summed E-state index contributed by atoms with van der Waals surface area (Å²) < 4.78 is 42.5. The van der Waals surface area contributed by atoms with Gasteiger partial charge in [0.05, 0.1) is 23.7 Å². The molecule has 0 aliphatic carbocycles. The van der Waals surface area contributed by atoms with E-state index in [2.05, 4.69) is 37.0 Å². The molecule has 1 aromatic heterocycles. The van der Waals surface area contributed by atoms with Gasteiger partial charge in [-0.1, -0.05) is 49.6 Å². The lowest BCUT2D eigenvalue weighted by Crippen LogP contribution is -2.32. The van der Waals surface area contributed by atoms with E-state index in [4.69, 9.17) is 0 Å². The molecule has 45 heavy (non-hydrogen) atoms. The van der Waals surface area contributed by atoms with Crippen molar-refractivity contribution in [2.24, 2.45) is 4.99 Å². The Labute approximate surface area is 261 Å². The van der Waals surface area contributed by atoms with Crippen molar-refractivity contribution in [3.8, 4) is 34.7 Å². The fourth-order valence-corrected chi connectivity index (χ4v) is 5.29. The predicted molar refractivity (Wildman–Crippen MR) is 166 cm³/mol. The van der Waals surface area contributed by atoms with E-state index in [1.165, 1.54) is 51.9 Å². The molecule has 0 saturated carbocycles. The molecule has 1 fully saturated rings. The topological polar surface area (TPSA) is 102 Å². The summed E-state index contributed by atoms with van der Waals surface area (Å²) in [6, 6.07) is 17.7. The number of aromatic nitrogens is 3. The van der Waals surface area contributed by atoms with E-state index in [-0.39, 0.29) is 29.9 Å². The van der Waals surface area contributed by atoms with Crippen molar-refractivity contribution in [2.75, 3.05) is 17.2 Å². The van der Waals surface area contributed by atoms with Crippen LogP contribution >= 0.6 is 11.8 Å². The SMILES string of the molecule is Cc1ccc(C(C)C)c(N2C(=O)CSC2=NC(=O)NCC#Cc2ccc(-c3ncn(-c4ccc(OC(F)(F)F)cc4)n3)cc2)c1. The molecule has 1 saturated heterocycles. The maximum Gasteiger partial charge on any atom is 0.573 e. The third kappa shape index (κ3) is 7.90. The highest BCUT2D eigenvalue weighted by molar-refractivity contribution is 8.15. The number of thioether (sulfide) groups is 1. The largest absolute Gasteiger partial charge is 0.573 e. The van der Waals surface area contributed by atoms with Crippen molar-refractivity contribution in [1.82, 2.24) is 20.1 Å². The van der Waals surface area contributed by atoms with E-state index < -0.39 is 12.4 Å². The number of aryl methyl sites for hydroxylation is 1. The van der Waals surface area contributed by atoms with Crippen molar-refractivity contribution in [3.63, 3.8) is 0 Å². The standard InChI is InChI=1S/C32H27F3N6O3S/c1-20(2)26-15-6-21(3)17-27(26)41-28(42)18-45-31(41)38-30(43)36-16-4-5-22-7-9-23(10-8-22)29-37-19-40(39-29)24-11-13-25(14-12-24)44-32(33,34)35/h6-15,17,19-20H,16,18H2,1-3H3,(H,36,43). The zero-order valence-corrected chi connectivity index (χ0v) is 25.2. The number of hydrogen-bond acceptors (Lipinski definition) is 6. The van der Waals surface area contributed by atoms with Gasteiger partial charge in [0.15, 0.2) is 11.0 Å². The van der Waals surface area contributed by atoms with E-state index in [0.717, 1.165) is 16.8 Å². The lowest BCUT2D eigenvalue weighted by Gasteiger charge is -2.22. The second-order valence-corrected chi connectivity index (χ2v) is 11.2. The summed E-state index contributed by atoms with van der Waals surface area (Å²) in [4.78, 5) is 35.2. The Bertz CT molecular complexity index is 1810. The number of halogens is 3. The Morgan fingerprint density at radius 1 is 1.11 bits per heavy atom. The summed E-state index contributed by atoms with van der Waals surface area (Å²) in [6.45, 7) is 6.10. The van der Waals surface area contributed by atoms with Crippen molar-refractivity contribution in [2.45, 2.75) is 33.1 Å². The van der Waals surface area contributed by atoms with Gasteiger partial charge in [-0.2, -0.15) is 4.99 Å². The number of benzene rings is 3. The molecule has 0 unspecified atom stereocenters. The minimum atomic E-state index is -4.76. The molecular weight excluding hydrogens is 605 g/mol. The summed E-state index contributed by atoms with van der Waals surface area (Å²) in [5.74, 6) is 6.21. The van der Waals surface area contributed by atoms with Gasteiger partial charge in [0, 0.05) is 11.1 Å². The minimum absolute atomic E-state index is 0.0520. The number of hydrogen-bond donors (Lipinski definition) is 1. The third-order valence-electron chi connectivity index (χ3n) is 6.54. The lowest BCUT2D eigenvalue weighted by molar-refractivity contribution is -0.274. The Kier molecular flexibility index (Phi) is 9.24. The summed E-state index contributed by atoms with van der Waals surface area (Å²) in [7, 11) is 0. The van der Waals surface area contributed by atoms with E-state index in [9.17, 15) is 22.8 Å². The molecule has 1 N–H and O–H groups in total. The van der Waals surface area contributed by atoms with Crippen LogP contribution in [0.5, 0.6) is 5.75 Å². The fraction of sp³-hybridized carbons (Fsp3) is 0.219. The molecule has 9 nitrogen and oxygen atoms in total. The average molecular weight is 633 g/mol. The quantitative estimate of drug-likeness (QED) is 0.245. The summed E-state index contributed by atoms with van der Waals surface area (Å²) in [5.41, 5.74) is 4.67. The molecule has 0 bridgehead atoms. The van der Waals surface area contributed by atoms with Crippen LogP contribution in [0.4, 0.5) is 23.7 Å². The van der Waals surface area contributed by atoms with Crippen molar-refractivity contribution in [1.29, 1.82) is 0 Å². The zero-order chi connectivity index (χ0) is 32.1. The molecule has 2 heterocycles. The maximum absolute atomic E-state index is 12.7. The molecule has 1 aliphatic rings. The molecule has 0 radical (unpaired) electrons. The Hall–Kier alpha value is -5.09. The highest BCUT2D eigenvalue weighted by Crippen LogP contribution is 2.34. The van der Waals surface area contributed by atoms with Gasteiger partial charge in [0.25, 0.3) is 0 Å². The number of amides is 3. The molecule has 0 spiro atoms. The third-order valence-corrected chi connectivity index (χ3v) is 7.47. The first-order valence-electron chi connectivity index (χ1n) is 13.8. The Morgan fingerprint density at radius 3 is 2.53 bits per heavy atom. The monoisotopic (exact) mass is 632 g/mol. The van der Waals surface area contributed by atoms with Gasteiger partial charge >= 0.3 is 12.4 Å². The van der Waals surface area contributed by atoms with Gasteiger partial charge in [-0.25, -0.2) is 14.5 Å². The first kappa shape index (κ1) is 31.3. The van der Waals surface area contributed by atoms with Gasteiger partial charge < -0.3 is 10.1 Å². The predicted octanol–water partition coefficient (Wildman–Crippen LogP) is 6.46. The highest BCUT2D eigenvalue weighted by atomic mass is 32.2. The summed E-state index contributed by atoms with van der Waals surface area (Å²) >= 11 is 1.22. The molecule has 4 aromatic rings. The fourth-order valence-electron chi connectivity index (χ4n) is 4.43. The van der Waals surface area contributed by atoms with Crippen LogP contribution in [0.1, 0.15) is 36.5 Å². The first-order valence-corrected chi connectivity index (χ1v) is 14.8. The number of rotatable bonds is 6. The Balaban J connectivity index is 1.18. The van der Waals surface area contributed by atoms with Crippen LogP contribution in [0.2, 0.25) is 0 Å². The van der Waals surface area contributed by atoms with Crippen LogP contribution in [0, 0.1) is 18.8 Å². The molecule has 230 valence electrons. The van der Waals surface area contributed by atoms with Gasteiger partial charge in [-0.3, -0.25) is 9.69 Å². The van der Waals surface area contributed by atoms with Crippen LogP contribution in [-0.4, -0.2) is 50.5 Å². The number of nitrogens with zero attached hydrogens (tertiary/aromatic N) is 5. The number of alkyl halides is 3. The number of aliphatic imine (C=N–C) groups is 1. The zero-order valence-electron chi connectivity index (χ0n) is 24.4. The summed E-state index contributed by atoms with van der Waals surface area (Å²) in [6.07, 6.45) is -3.31. The molecule has 3 amide bonds. The summed E-state index contributed by atoms with van der Waals surface area (Å²) in [5, 5.41) is 7.37. The average Bonchev–Trinajstić information content (AvgIpc) is 3.62. The first-order chi connectivity index (χ1) is 21.5. The second kappa shape index (κ2) is 13.3.